The van der Waals surface area contributed by atoms with Crippen LogP contribution in [-0.4, -0.2) is 30.6 Å². The molecule has 0 bridgehead atoms. The average molecular weight is 393 g/mol. The molecular formula is C13H20IN3OS. The van der Waals surface area contributed by atoms with Crippen LogP contribution in [0.15, 0.2) is 29.3 Å². The van der Waals surface area contributed by atoms with Crippen LogP contribution < -0.4 is 15.8 Å². The number of guanidine groups is 1. The molecule has 1 unspecified atom stereocenters. The number of ether oxygens (including phenoxy) is 1. The number of methoxy groups -OCH3 is 1. The van der Waals surface area contributed by atoms with E-state index in [1.165, 1.54) is 18.6 Å². The minimum Gasteiger partial charge on any atom is -0.495 e. The van der Waals surface area contributed by atoms with Gasteiger partial charge in [0.1, 0.15) is 5.75 Å². The Kier molecular flexibility index (Phi) is 7.37. The third-order valence-electron chi connectivity index (χ3n) is 2.86. The first-order valence-electron chi connectivity index (χ1n) is 6.11. The van der Waals surface area contributed by atoms with Crippen molar-refractivity contribution in [3.63, 3.8) is 0 Å². The summed E-state index contributed by atoms with van der Waals surface area (Å²) < 4.78 is 5.25. The zero-order valence-electron chi connectivity index (χ0n) is 11.0. The number of rotatable bonds is 4. The first kappa shape index (κ1) is 16.4. The van der Waals surface area contributed by atoms with Crippen molar-refractivity contribution >= 4 is 47.4 Å². The van der Waals surface area contributed by atoms with Gasteiger partial charge >= 0.3 is 0 Å². The van der Waals surface area contributed by atoms with E-state index in [4.69, 9.17) is 10.5 Å². The lowest BCUT2D eigenvalue weighted by Gasteiger charge is -2.11. The van der Waals surface area contributed by atoms with Gasteiger partial charge in [-0.1, -0.05) is 12.1 Å². The second-order valence-electron chi connectivity index (χ2n) is 4.19. The number of nitrogens with zero attached hydrogens (tertiary/aromatic N) is 1. The molecule has 1 atom stereocenters. The van der Waals surface area contributed by atoms with Crippen LogP contribution in [0.4, 0.5) is 5.69 Å². The van der Waals surface area contributed by atoms with Gasteiger partial charge in [0.05, 0.1) is 19.3 Å². The number of para-hydroxylation sites is 2. The number of hydrogen-bond donors (Lipinski definition) is 2. The molecule has 0 aromatic heterocycles. The third-order valence-corrected chi connectivity index (χ3v) is 4.24. The second kappa shape index (κ2) is 8.52. The summed E-state index contributed by atoms with van der Waals surface area (Å²) in [4.78, 5) is 4.38. The van der Waals surface area contributed by atoms with Crippen LogP contribution in [0, 0.1) is 0 Å². The van der Waals surface area contributed by atoms with Crippen LogP contribution in [0.1, 0.15) is 12.8 Å². The Morgan fingerprint density at radius 2 is 2.32 bits per heavy atom. The van der Waals surface area contributed by atoms with E-state index in [0.29, 0.717) is 11.2 Å². The summed E-state index contributed by atoms with van der Waals surface area (Å²) in [5.41, 5.74) is 6.73. The van der Waals surface area contributed by atoms with E-state index in [1.54, 1.807) is 7.11 Å². The van der Waals surface area contributed by atoms with Crippen molar-refractivity contribution in [3.05, 3.63) is 24.3 Å². The van der Waals surface area contributed by atoms with Crippen LogP contribution in [0.3, 0.4) is 0 Å². The normalized spacial score (nSPS) is 18.8. The van der Waals surface area contributed by atoms with Gasteiger partial charge in [0, 0.05) is 5.25 Å². The quantitative estimate of drug-likeness (QED) is 0.469. The van der Waals surface area contributed by atoms with E-state index in [2.05, 4.69) is 10.3 Å². The van der Waals surface area contributed by atoms with E-state index < -0.39 is 0 Å². The molecule has 106 valence electrons. The maximum absolute atomic E-state index is 5.88. The minimum absolute atomic E-state index is 0. The molecule has 19 heavy (non-hydrogen) atoms. The fourth-order valence-corrected chi connectivity index (χ4v) is 3.09. The van der Waals surface area contributed by atoms with Gasteiger partial charge in [0.25, 0.3) is 0 Å². The van der Waals surface area contributed by atoms with Gasteiger partial charge in [-0.2, -0.15) is 11.8 Å². The van der Waals surface area contributed by atoms with Gasteiger partial charge in [-0.3, -0.25) is 4.99 Å². The number of hydrogen-bond acceptors (Lipinski definition) is 3. The van der Waals surface area contributed by atoms with Crippen LogP contribution in [0.25, 0.3) is 0 Å². The van der Waals surface area contributed by atoms with Crippen LogP contribution in [-0.2, 0) is 0 Å². The van der Waals surface area contributed by atoms with E-state index in [-0.39, 0.29) is 24.0 Å². The number of nitrogens with one attached hydrogen (secondary N) is 1. The molecule has 1 heterocycles. The maximum Gasteiger partial charge on any atom is 0.193 e. The Morgan fingerprint density at radius 1 is 1.53 bits per heavy atom. The van der Waals surface area contributed by atoms with Crippen LogP contribution >= 0.6 is 35.7 Å². The first-order chi connectivity index (χ1) is 8.79. The van der Waals surface area contributed by atoms with E-state index in [0.717, 1.165) is 18.0 Å². The molecule has 1 saturated heterocycles. The Balaban J connectivity index is 0.00000180. The van der Waals surface area contributed by atoms with Crippen molar-refractivity contribution in [1.82, 2.24) is 0 Å². The highest BCUT2D eigenvalue weighted by Crippen LogP contribution is 2.26. The molecular weight excluding hydrogens is 373 g/mol. The Bertz CT molecular complexity index is 422. The number of benzene rings is 1. The van der Waals surface area contributed by atoms with E-state index in [1.807, 2.05) is 36.0 Å². The fourth-order valence-electron chi connectivity index (χ4n) is 1.91. The molecule has 1 aliphatic rings. The first-order valence-corrected chi connectivity index (χ1v) is 7.16. The molecule has 0 spiro atoms. The number of thioether (sulfide) groups is 1. The lowest BCUT2D eigenvalue weighted by atomic mass is 10.2. The van der Waals surface area contributed by atoms with E-state index >= 15 is 0 Å². The van der Waals surface area contributed by atoms with Gasteiger partial charge in [0.15, 0.2) is 5.96 Å². The van der Waals surface area contributed by atoms with Gasteiger partial charge in [0.2, 0.25) is 0 Å². The summed E-state index contributed by atoms with van der Waals surface area (Å²) in [7, 11) is 1.64. The molecule has 0 amide bonds. The zero-order valence-corrected chi connectivity index (χ0v) is 14.1. The van der Waals surface area contributed by atoms with Gasteiger partial charge in [-0.25, -0.2) is 0 Å². The minimum atomic E-state index is 0. The third kappa shape index (κ3) is 5.10. The summed E-state index contributed by atoms with van der Waals surface area (Å²) in [6.07, 6.45) is 2.54. The highest BCUT2D eigenvalue weighted by Gasteiger charge is 2.14. The highest BCUT2D eigenvalue weighted by molar-refractivity contribution is 14.0. The summed E-state index contributed by atoms with van der Waals surface area (Å²) in [5.74, 6) is 2.47. The molecule has 0 saturated carbocycles. The van der Waals surface area contributed by atoms with Crippen LogP contribution in [0.2, 0.25) is 0 Å². The zero-order chi connectivity index (χ0) is 12.8. The van der Waals surface area contributed by atoms with Crippen molar-refractivity contribution in [2.75, 3.05) is 24.7 Å². The van der Waals surface area contributed by atoms with Crippen molar-refractivity contribution in [1.29, 1.82) is 0 Å². The summed E-state index contributed by atoms with van der Waals surface area (Å²) in [6.45, 7) is 0.790. The number of halogens is 1. The molecule has 3 N–H and O–H groups in total. The molecule has 0 radical (unpaired) electrons. The smallest absolute Gasteiger partial charge is 0.193 e. The fraction of sp³-hybridized carbons (Fsp3) is 0.462. The topological polar surface area (TPSA) is 59.6 Å². The molecule has 1 aromatic rings. The second-order valence-corrected chi connectivity index (χ2v) is 5.59. The molecule has 4 nitrogen and oxygen atoms in total. The molecule has 1 aromatic carbocycles. The van der Waals surface area contributed by atoms with Crippen molar-refractivity contribution in [3.8, 4) is 5.75 Å². The summed E-state index contributed by atoms with van der Waals surface area (Å²) in [5, 5.41) is 3.71. The number of nitrogens with two attached hydrogens (primary N) is 1. The average Bonchev–Trinajstić information content (AvgIpc) is 2.90. The van der Waals surface area contributed by atoms with Crippen LogP contribution in [0.5, 0.6) is 5.75 Å². The highest BCUT2D eigenvalue weighted by atomic mass is 127. The van der Waals surface area contributed by atoms with Crippen molar-refractivity contribution in [2.24, 2.45) is 10.7 Å². The van der Waals surface area contributed by atoms with Crippen molar-refractivity contribution < 1.29 is 4.74 Å². The standard InChI is InChI=1S/C13H19N3OS.HI/c1-17-12-7-3-2-6-11(12)16-13(14)15-9-10-5-4-8-18-10;/h2-3,6-7,10H,4-5,8-9H2,1H3,(H3,14,15,16);1H. The predicted octanol–water partition coefficient (Wildman–Crippen LogP) is 2.94. The summed E-state index contributed by atoms with van der Waals surface area (Å²) in [6, 6.07) is 7.67. The molecule has 1 aliphatic heterocycles. The Hall–Kier alpha value is -0.630. The lowest BCUT2D eigenvalue weighted by molar-refractivity contribution is 0.417. The molecule has 0 aliphatic carbocycles. The van der Waals surface area contributed by atoms with Gasteiger partial charge < -0.3 is 15.8 Å². The molecule has 2 rings (SSSR count). The maximum atomic E-state index is 5.88. The van der Waals surface area contributed by atoms with Gasteiger partial charge in [-0.05, 0) is 30.7 Å². The van der Waals surface area contributed by atoms with Crippen molar-refractivity contribution in [2.45, 2.75) is 18.1 Å². The van der Waals surface area contributed by atoms with Gasteiger partial charge in [-0.15, -0.1) is 24.0 Å². The largest absolute Gasteiger partial charge is 0.495 e. The molecule has 1 fully saturated rings. The lowest BCUT2D eigenvalue weighted by Crippen LogP contribution is -2.24. The van der Waals surface area contributed by atoms with E-state index in [9.17, 15) is 0 Å². The summed E-state index contributed by atoms with van der Waals surface area (Å²) >= 11 is 1.98. The number of aliphatic imine (C=N–C) groups is 1. The number of anilines is 1. The predicted molar refractivity (Wildman–Crippen MR) is 94.0 cm³/mol. The SMILES string of the molecule is COc1ccccc1NC(N)=NCC1CCCS1.I. The molecule has 6 heteroatoms. The monoisotopic (exact) mass is 393 g/mol. The Morgan fingerprint density at radius 3 is 3.00 bits per heavy atom. The Labute approximate surface area is 135 Å².